The average Bonchev–Trinajstić information content (AvgIpc) is 3.05. The van der Waals surface area contributed by atoms with E-state index in [9.17, 15) is 22.8 Å². The molecule has 1 fully saturated rings. The number of hydrogen-bond donors (Lipinski definition) is 2. The molecule has 1 aromatic heterocycles. The summed E-state index contributed by atoms with van der Waals surface area (Å²) in [6, 6.07) is -0.738. The molecule has 0 aliphatic heterocycles. The van der Waals surface area contributed by atoms with Crippen molar-refractivity contribution in [3.63, 3.8) is 0 Å². The van der Waals surface area contributed by atoms with Gasteiger partial charge in [0.25, 0.3) is 0 Å². The first-order chi connectivity index (χ1) is 10.3. The third kappa shape index (κ3) is 4.19. The molecule has 9 heteroatoms. The largest absolute Gasteiger partial charge is 0.434 e. The number of carbonyl (C=O) groups is 2. The number of rotatable bonds is 4. The molecule has 1 unspecified atom stereocenters. The summed E-state index contributed by atoms with van der Waals surface area (Å²) in [7, 11) is 0. The highest BCUT2D eigenvalue weighted by molar-refractivity contribution is 7.13. The fraction of sp³-hybridized carbons (Fsp3) is 0.615. The van der Waals surface area contributed by atoms with Crippen molar-refractivity contribution in [2.45, 2.75) is 44.8 Å². The Bertz CT molecular complexity index is 553. The summed E-state index contributed by atoms with van der Waals surface area (Å²) in [5, 5.41) is 5.68. The van der Waals surface area contributed by atoms with Crippen molar-refractivity contribution >= 4 is 28.3 Å². The lowest BCUT2D eigenvalue weighted by atomic mass is 9.97. The molecule has 122 valence electrons. The number of nitrogens with zero attached hydrogens (tertiary/aromatic N) is 1. The van der Waals surface area contributed by atoms with Crippen molar-refractivity contribution in [3.05, 3.63) is 11.1 Å². The lowest BCUT2D eigenvalue weighted by Crippen LogP contribution is -2.47. The van der Waals surface area contributed by atoms with Crippen LogP contribution in [0.5, 0.6) is 0 Å². The molecule has 22 heavy (non-hydrogen) atoms. The van der Waals surface area contributed by atoms with Gasteiger partial charge in [0.2, 0.25) is 11.8 Å². The van der Waals surface area contributed by atoms with Crippen LogP contribution in [0.15, 0.2) is 5.38 Å². The van der Waals surface area contributed by atoms with Gasteiger partial charge in [-0.2, -0.15) is 13.2 Å². The van der Waals surface area contributed by atoms with Crippen molar-refractivity contribution in [2.75, 3.05) is 5.32 Å². The van der Waals surface area contributed by atoms with Gasteiger partial charge < -0.3 is 10.6 Å². The monoisotopic (exact) mass is 335 g/mol. The van der Waals surface area contributed by atoms with Crippen LogP contribution in [-0.2, 0) is 15.8 Å². The number of alkyl halides is 3. The van der Waals surface area contributed by atoms with Crippen LogP contribution in [0.1, 0.15) is 38.3 Å². The molecule has 1 aromatic rings. The molecule has 2 amide bonds. The number of aromatic nitrogens is 1. The van der Waals surface area contributed by atoms with Crippen LogP contribution in [-0.4, -0.2) is 22.8 Å². The fourth-order valence-electron chi connectivity index (χ4n) is 2.55. The predicted molar refractivity (Wildman–Crippen MR) is 75.3 cm³/mol. The van der Waals surface area contributed by atoms with Gasteiger partial charge in [-0.15, -0.1) is 11.3 Å². The van der Waals surface area contributed by atoms with Crippen LogP contribution >= 0.6 is 11.3 Å². The summed E-state index contributed by atoms with van der Waals surface area (Å²) >= 11 is 0.708. The van der Waals surface area contributed by atoms with Gasteiger partial charge in [0.05, 0.1) is 0 Å². The molecule has 0 saturated heterocycles. The summed E-state index contributed by atoms with van der Waals surface area (Å²) < 4.78 is 37.5. The highest BCUT2D eigenvalue weighted by atomic mass is 32.1. The Hall–Kier alpha value is -1.64. The van der Waals surface area contributed by atoms with Crippen LogP contribution < -0.4 is 10.6 Å². The lowest BCUT2D eigenvalue weighted by Gasteiger charge is -2.22. The molecule has 1 saturated carbocycles. The van der Waals surface area contributed by atoms with Gasteiger partial charge in [0.15, 0.2) is 10.8 Å². The number of carbonyl (C=O) groups excluding carboxylic acids is 2. The van der Waals surface area contributed by atoms with Crippen LogP contribution in [0.25, 0.3) is 0 Å². The van der Waals surface area contributed by atoms with Crippen LogP contribution in [0.4, 0.5) is 18.3 Å². The summed E-state index contributed by atoms with van der Waals surface area (Å²) in [5.41, 5.74) is -1.04. The van der Waals surface area contributed by atoms with Gasteiger partial charge in [-0.25, -0.2) is 4.98 Å². The second kappa shape index (κ2) is 6.64. The average molecular weight is 335 g/mol. The number of amides is 2. The zero-order valence-electron chi connectivity index (χ0n) is 11.9. The third-order valence-electron chi connectivity index (χ3n) is 3.54. The number of hydrogen-bond acceptors (Lipinski definition) is 4. The van der Waals surface area contributed by atoms with E-state index in [1.165, 1.54) is 6.92 Å². The minimum absolute atomic E-state index is 0.00551. The van der Waals surface area contributed by atoms with Crippen LogP contribution in [0.3, 0.4) is 0 Å². The number of thiazole rings is 1. The maximum atomic E-state index is 12.5. The van der Waals surface area contributed by atoms with E-state index < -0.39 is 23.8 Å². The minimum atomic E-state index is -4.54. The molecule has 1 heterocycles. The fourth-order valence-corrected chi connectivity index (χ4v) is 3.27. The van der Waals surface area contributed by atoms with E-state index in [0.29, 0.717) is 11.3 Å². The Morgan fingerprint density at radius 1 is 1.36 bits per heavy atom. The van der Waals surface area contributed by atoms with Crippen molar-refractivity contribution in [1.29, 1.82) is 0 Å². The first-order valence-corrected chi connectivity index (χ1v) is 7.76. The van der Waals surface area contributed by atoms with Crippen molar-refractivity contribution in [2.24, 2.45) is 5.92 Å². The number of halogens is 3. The summed E-state index contributed by atoms with van der Waals surface area (Å²) in [5.74, 6) is -0.863. The van der Waals surface area contributed by atoms with Gasteiger partial charge in [-0.05, 0) is 18.8 Å². The molecule has 0 spiro atoms. The second-order valence-electron chi connectivity index (χ2n) is 5.25. The maximum absolute atomic E-state index is 12.5. The Morgan fingerprint density at radius 2 is 2.00 bits per heavy atom. The SMILES string of the molecule is CC(=O)NC(C(=O)Nc1nc(C(F)(F)F)cs1)C1CCCC1. The quantitative estimate of drug-likeness (QED) is 0.889. The summed E-state index contributed by atoms with van der Waals surface area (Å²) in [6.07, 6.45) is -0.969. The van der Waals surface area contributed by atoms with E-state index >= 15 is 0 Å². The molecule has 1 atom stereocenters. The van der Waals surface area contributed by atoms with Crippen LogP contribution in [0.2, 0.25) is 0 Å². The molecule has 0 bridgehead atoms. The van der Waals surface area contributed by atoms with Crippen LogP contribution in [0, 0.1) is 5.92 Å². The molecular weight excluding hydrogens is 319 g/mol. The standard InChI is InChI=1S/C13H16F3N3O2S/c1-7(20)17-10(8-4-2-3-5-8)11(21)19-12-18-9(6-22-12)13(14,15)16/h6,8,10H,2-5H2,1H3,(H,17,20)(H,18,19,21). The zero-order chi connectivity index (χ0) is 16.3. The molecule has 1 aliphatic carbocycles. The molecule has 0 radical (unpaired) electrons. The molecule has 1 aliphatic rings. The van der Waals surface area contributed by atoms with Crippen molar-refractivity contribution < 1.29 is 22.8 Å². The highest BCUT2D eigenvalue weighted by Crippen LogP contribution is 2.32. The van der Waals surface area contributed by atoms with E-state index in [4.69, 9.17) is 0 Å². The van der Waals surface area contributed by atoms with Gasteiger partial charge in [0, 0.05) is 12.3 Å². The van der Waals surface area contributed by atoms with Gasteiger partial charge in [-0.1, -0.05) is 12.8 Å². The molecule has 0 aromatic carbocycles. The van der Waals surface area contributed by atoms with E-state index in [-0.39, 0.29) is 17.0 Å². The second-order valence-corrected chi connectivity index (χ2v) is 6.11. The van der Waals surface area contributed by atoms with Gasteiger partial charge >= 0.3 is 6.18 Å². The highest BCUT2D eigenvalue weighted by Gasteiger charge is 2.35. The van der Waals surface area contributed by atoms with E-state index in [1.807, 2.05) is 0 Å². The smallest absolute Gasteiger partial charge is 0.344 e. The summed E-state index contributed by atoms with van der Waals surface area (Å²) in [4.78, 5) is 26.9. The molecule has 2 rings (SSSR count). The first kappa shape index (κ1) is 16.7. The first-order valence-electron chi connectivity index (χ1n) is 6.88. The lowest BCUT2D eigenvalue weighted by molar-refractivity contribution is -0.140. The number of anilines is 1. The molecule has 5 nitrogen and oxygen atoms in total. The van der Waals surface area contributed by atoms with Gasteiger partial charge in [-0.3, -0.25) is 9.59 Å². The Labute approximate surface area is 129 Å². The zero-order valence-corrected chi connectivity index (χ0v) is 12.7. The number of nitrogens with one attached hydrogen (secondary N) is 2. The Morgan fingerprint density at radius 3 is 2.50 bits per heavy atom. The van der Waals surface area contributed by atoms with Gasteiger partial charge in [0.1, 0.15) is 6.04 Å². The topological polar surface area (TPSA) is 71.1 Å². The third-order valence-corrected chi connectivity index (χ3v) is 4.29. The maximum Gasteiger partial charge on any atom is 0.434 e. The molecule has 2 N–H and O–H groups in total. The summed E-state index contributed by atoms with van der Waals surface area (Å²) in [6.45, 7) is 1.31. The predicted octanol–water partition coefficient (Wildman–Crippen LogP) is 2.80. The van der Waals surface area contributed by atoms with Crippen molar-refractivity contribution in [3.8, 4) is 0 Å². The Kier molecular flexibility index (Phi) is 5.05. The normalized spacial score (nSPS) is 17.3. The van der Waals surface area contributed by atoms with E-state index in [0.717, 1.165) is 31.1 Å². The van der Waals surface area contributed by atoms with E-state index in [1.54, 1.807) is 0 Å². The van der Waals surface area contributed by atoms with Crippen molar-refractivity contribution in [1.82, 2.24) is 10.3 Å². The minimum Gasteiger partial charge on any atom is -0.344 e. The Balaban J connectivity index is 2.07. The van der Waals surface area contributed by atoms with E-state index in [2.05, 4.69) is 15.6 Å². The molecular formula is C13H16F3N3O2S.